The van der Waals surface area contributed by atoms with Crippen molar-refractivity contribution in [3.8, 4) is 0 Å². The van der Waals surface area contributed by atoms with Crippen molar-refractivity contribution in [3.05, 3.63) is 35.5 Å². The van der Waals surface area contributed by atoms with Crippen LogP contribution in [0.15, 0.2) is 24.3 Å². The number of aromatic nitrogens is 1. The number of halogens is 3. The normalized spacial score (nSPS) is 24.0. The molecule has 2 aromatic rings. The molecule has 1 aliphatic carbocycles. The van der Waals surface area contributed by atoms with Crippen molar-refractivity contribution in [1.29, 1.82) is 0 Å². The molecule has 1 aromatic carbocycles. The van der Waals surface area contributed by atoms with Gasteiger partial charge in [0.15, 0.2) is 5.60 Å². The fourth-order valence-corrected chi connectivity index (χ4v) is 3.55. The summed E-state index contributed by atoms with van der Waals surface area (Å²) in [6, 6.07) is 7.22. The standard InChI is InChI=1S/C17H18F3NO3/c1-3-24-15(22)12-8-11-10-6-4-5-7-13(10)21(2)14(11)9-16(12,23)17(18,19)20/h4-7,12,23H,3,8-9H2,1-2H3/t12-,16-/m0/s1. The van der Waals surface area contributed by atoms with Crippen LogP contribution >= 0.6 is 0 Å². The lowest BCUT2D eigenvalue weighted by Crippen LogP contribution is -2.58. The Bertz CT molecular complexity index is 796. The van der Waals surface area contributed by atoms with Gasteiger partial charge >= 0.3 is 12.1 Å². The Hall–Kier alpha value is -2.02. The summed E-state index contributed by atoms with van der Waals surface area (Å²) < 4.78 is 47.2. The average Bonchev–Trinajstić information content (AvgIpc) is 2.78. The SMILES string of the molecule is CCOC(=O)[C@@H]1Cc2c(n(C)c3ccccc23)C[C@@]1(O)C(F)(F)F. The van der Waals surface area contributed by atoms with E-state index in [4.69, 9.17) is 4.74 Å². The van der Waals surface area contributed by atoms with Crippen LogP contribution in [-0.2, 0) is 29.4 Å². The van der Waals surface area contributed by atoms with Gasteiger partial charge in [-0.2, -0.15) is 13.2 Å². The largest absolute Gasteiger partial charge is 0.466 e. The van der Waals surface area contributed by atoms with E-state index in [0.717, 1.165) is 10.9 Å². The smallest absolute Gasteiger partial charge is 0.418 e. The summed E-state index contributed by atoms with van der Waals surface area (Å²) in [5.41, 5.74) is -1.29. The first-order valence-electron chi connectivity index (χ1n) is 7.71. The van der Waals surface area contributed by atoms with Crippen molar-refractivity contribution < 1.29 is 27.8 Å². The zero-order valence-corrected chi connectivity index (χ0v) is 13.4. The number of aliphatic hydroxyl groups is 1. The van der Waals surface area contributed by atoms with Crippen molar-refractivity contribution >= 4 is 16.9 Å². The highest BCUT2D eigenvalue weighted by molar-refractivity contribution is 5.87. The van der Waals surface area contributed by atoms with Gasteiger partial charge in [-0.15, -0.1) is 0 Å². The first kappa shape index (κ1) is 16.8. The number of rotatable bonds is 2. The molecule has 1 N–H and O–H groups in total. The van der Waals surface area contributed by atoms with Crippen LogP contribution in [0.3, 0.4) is 0 Å². The Kier molecular flexibility index (Phi) is 3.86. The van der Waals surface area contributed by atoms with Crippen molar-refractivity contribution in [2.24, 2.45) is 13.0 Å². The maximum atomic E-state index is 13.6. The Morgan fingerprint density at radius 3 is 2.71 bits per heavy atom. The number of benzene rings is 1. The molecule has 0 saturated carbocycles. The fraction of sp³-hybridized carbons (Fsp3) is 0.471. The molecule has 0 unspecified atom stereocenters. The van der Waals surface area contributed by atoms with Gasteiger partial charge in [0.1, 0.15) is 0 Å². The highest BCUT2D eigenvalue weighted by Gasteiger charge is 2.63. The summed E-state index contributed by atoms with van der Waals surface area (Å²) in [6.45, 7) is 1.49. The van der Waals surface area contributed by atoms with Gasteiger partial charge < -0.3 is 14.4 Å². The van der Waals surface area contributed by atoms with E-state index >= 15 is 0 Å². The molecular weight excluding hydrogens is 323 g/mol. The van der Waals surface area contributed by atoms with E-state index in [1.54, 1.807) is 29.8 Å². The molecule has 3 rings (SSSR count). The molecule has 1 aliphatic rings. The van der Waals surface area contributed by atoms with Crippen LogP contribution < -0.4 is 0 Å². The molecule has 130 valence electrons. The molecule has 2 atom stereocenters. The van der Waals surface area contributed by atoms with Gasteiger partial charge in [0.2, 0.25) is 0 Å². The number of alkyl halides is 3. The minimum atomic E-state index is -4.93. The van der Waals surface area contributed by atoms with Crippen LogP contribution in [-0.4, -0.2) is 34.0 Å². The summed E-state index contributed by atoms with van der Waals surface area (Å²) >= 11 is 0. The third-order valence-electron chi connectivity index (χ3n) is 4.83. The number of fused-ring (bicyclic) bond motifs is 3. The Balaban J connectivity index is 2.19. The molecule has 24 heavy (non-hydrogen) atoms. The molecule has 0 aliphatic heterocycles. The summed E-state index contributed by atoms with van der Waals surface area (Å²) in [5, 5.41) is 11.2. The maximum absolute atomic E-state index is 13.6. The van der Waals surface area contributed by atoms with Crippen molar-refractivity contribution in [1.82, 2.24) is 4.57 Å². The minimum absolute atomic E-state index is 0.0360. The number of carbonyl (C=O) groups excluding carboxylic acids is 1. The van der Waals surface area contributed by atoms with Crippen molar-refractivity contribution in [2.75, 3.05) is 6.61 Å². The second-order valence-electron chi connectivity index (χ2n) is 6.11. The number of esters is 1. The third kappa shape index (κ3) is 2.30. The van der Waals surface area contributed by atoms with E-state index in [-0.39, 0.29) is 13.0 Å². The van der Waals surface area contributed by atoms with E-state index < -0.39 is 30.1 Å². The highest BCUT2D eigenvalue weighted by atomic mass is 19.4. The van der Waals surface area contributed by atoms with Crippen LogP contribution in [0.4, 0.5) is 13.2 Å². The van der Waals surface area contributed by atoms with Crippen LogP contribution in [0.2, 0.25) is 0 Å². The predicted molar refractivity (Wildman–Crippen MR) is 81.5 cm³/mol. The summed E-state index contributed by atoms with van der Waals surface area (Å²) in [5.74, 6) is -2.69. The monoisotopic (exact) mass is 341 g/mol. The Labute approximate surface area is 136 Å². The second kappa shape index (κ2) is 5.51. The predicted octanol–water partition coefficient (Wildman–Crippen LogP) is 2.75. The van der Waals surface area contributed by atoms with E-state index in [9.17, 15) is 23.1 Å². The van der Waals surface area contributed by atoms with Gasteiger partial charge in [-0.3, -0.25) is 4.79 Å². The zero-order chi connectivity index (χ0) is 17.7. The summed E-state index contributed by atoms with van der Waals surface area (Å²) in [6.07, 6.45) is -5.80. The Morgan fingerprint density at radius 1 is 1.42 bits per heavy atom. The van der Waals surface area contributed by atoms with Crippen LogP contribution in [0.5, 0.6) is 0 Å². The molecular formula is C17H18F3NO3. The lowest BCUT2D eigenvalue weighted by atomic mass is 9.73. The van der Waals surface area contributed by atoms with Gasteiger partial charge in [-0.1, -0.05) is 18.2 Å². The zero-order valence-electron chi connectivity index (χ0n) is 13.4. The number of ether oxygens (including phenoxy) is 1. The maximum Gasteiger partial charge on any atom is 0.418 e. The van der Waals surface area contributed by atoms with Gasteiger partial charge in [-0.25, -0.2) is 0 Å². The molecule has 0 amide bonds. The average molecular weight is 341 g/mol. The summed E-state index contributed by atoms with van der Waals surface area (Å²) in [4.78, 5) is 12.1. The van der Waals surface area contributed by atoms with E-state index in [1.807, 2.05) is 6.07 Å². The van der Waals surface area contributed by atoms with Crippen LogP contribution in [0.1, 0.15) is 18.2 Å². The Morgan fingerprint density at radius 2 is 2.08 bits per heavy atom. The molecule has 7 heteroatoms. The highest BCUT2D eigenvalue weighted by Crippen LogP contribution is 2.46. The molecule has 0 saturated heterocycles. The van der Waals surface area contributed by atoms with Crippen LogP contribution in [0, 0.1) is 5.92 Å². The molecule has 4 nitrogen and oxygen atoms in total. The van der Waals surface area contributed by atoms with Gasteiger partial charge in [0, 0.05) is 30.1 Å². The number of carbonyl (C=O) groups is 1. The lowest BCUT2D eigenvalue weighted by Gasteiger charge is -2.39. The van der Waals surface area contributed by atoms with E-state index in [2.05, 4.69) is 0 Å². The second-order valence-corrected chi connectivity index (χ2v) is 6.11. The quantitative estimate of drug-likeness (QED) is 0.855. The minimum Gasteiger partial charge on any atom is -0.466 e. The topological polar surface area (TPSA) is 51.5 Å². The number of para-hydroxylation sites is 1. The molecule has 0 radical (unpaired) electrons. The van der Waals surface area contributed by atoms with Gasteiger partial charge in [-0.05, 0) is 25.0 Å². The van der Waals surface area contributed by atoms with E-state index in [0.29, 0.717) is 11.3 Å². The third-order valence-corrected chi connectivity index (χ3v) is 4.83. The molecule has 1 aromatic heterocycles. The molecule has 0 fully saturated rings. The molecule has 0 spiro atoms. The first-order chi connectivity index (χ1) is 11.2. The number of hydrogen-bond acceptors (Lipinski definition) is 3. The van der Waals surface area contributed by atoms with Crippen molar-refractivity contribution in [3.63, 3.8) is 0 Å². The van der Waals surface area contributed by atoms with Crippen molar-refractivity contribution in [2.45, 2.75) is 31.5 Å². The molecule has 0 bridgehead atoms. The van der Waals surface area contributed by atoms with Crippen LogP contribution in [0.25, 0.3) is 10.9 Å². The first-order valence-corrected chi connectivity index (χ1v) is 7.71. The van der Waals surface area contributed by atoms with Gasteiger partial charge in [0.25, 0.3) is 0 Å². The number of aryl methyl sites for hydroxylation is 1. The van der Waals surface area contributed by atoms with E-state index in [1.165, 1.54) is 6.92 Å². The lowest BCUT2D eigenvalue weighted by molar-refractivity contribution is -0.281. The molecule has 1 heterocycles. The number of nitrogens with zero attached hydrogens (tertiary/aromatic N) is 1. The fourth-order valence-electron chi connectivity index (χ4n) is 3.55. The summed E-state index contributed by atoms with van der Waals surface area (Å²) in [7, 11) is 1.67. The number of hydrogen-bond donors (Lipinski definition) is 1. The van der Waals surface area contributed by atoms with Gasteiger partial charge in [0.05, 0.1) is 12.5 Å².